The molecule has 1 aliphatic rings. The molecular weight excluding hydrogens is 412 g/mol. The topological polar surface area (TPSA) is 124 Å². The molecule has 0 amide bonds. The summed E-state index contributed by atoms with van der Waals surface area (Å²) in [5, 5.41) is 0. The predicted octanol–water partition coefficient (Wildman–Crippen LogP) is 1.46. The highest BCUT2D eigenvalue weighted by Gasteiger charge is 2.53. The zero-order valence-corrected chi connectivity index (χ0v) is 18.0. The van der Waals surface area contributed by atoms with Gasteiger partial charge in [-0.15, -0.1) is 0 Å². The molecule has 31 heavy (non-hydrogen) atoms. The Morgan fingerprint density at radius 2 is 1.35 bits per heavy atom. The van der Waals surface area contributed by atoms with Gasteiger partial charge in [-0.2, -0.15) is 0 Å². The molecule has 0 aromatic heterocycles. The summed E-state index contributed by atoms with van der Waals surface area (Å²) in [6.45, 7) is 6.18. The summed E-state index contributed by atoms with van der Waals surface area (Å²) in [4.78, 5) is 46.6. The van der Waals surface area contributed by atoms with Gasteiger partial charge < -0.3 is 28.4 Å². The number of hydrogen-bond acceptors (Lipinski definition) is 10. The van der Waals surface area contributed by atoms with Crippen LogP contribution in [0.25, 0.3) is 0 Å². The van der Waals surface area contributed by atoms with Crippen LogP contribution in [0, 0.1) is 6.92 Å². The number of rotatable bonds is 7. The first-order chi connectivity index (χ1) is 14.6. The highest BCUT2D eigenvalue weighted by molar-refractivity contribution is 5.68. The Hall–Kier alpha value is -3.14. The van der Waals surface area contributed by atoms with Gasteiger partial charge in [0.1, 0.15) is 18.5 Å². The van der Waals surface area contributed by atoms with Gasteiger partial charge in [-0.3, -0.25) is 19.2 Å². The number of ether oxygens (including phenoxy) is 6. The van der Waals surface area contributed by atoms with E-state index in [4.69, 9.17) is 28.4 Å². The zero-order valence-electron chi connectivity index (χ0n) is 18.0. The normalized spacial score (nSPS) is 25.1. The van der Waals surface area contributed by atoms with Gasteiger partial charge in [-0.25, -0.2) is 0 Å². The minimum atomic E-state index is -1.27. The van der Waals surface area contributed by atoms with Crippen LogP contribution in [-0.4, -0.2) is 61.2 Å². The first-order valence-electron chi connectivity index (χ1n) is 9.61. The second kappa shape index (κ2) is 10.8. The van der Waals surface area contributed by atoms with Crippen LogP contribution >= 0.6 is 0 Å². The van der Waals surface area contributed by atoms with Gasteiger partial charge in [0.25, 0.3) is 0 Å². The second-order valence-corrected chi connectivity index (χ2v) is 6.95. The van der Waals surface area contributed by atoms with Crippen molar-refractivity contribution in [2.75, 3.05) is 6.61 Å². The van der Waals surface area contributed by atoms with E-state index in [0.29, 0.717) is 5.75 Å². The fourth-order valence-electron chi connectivity index (χ4n) is 3.10. The Morgan fingerprint density at radius 1 is 0.806 bits per heavy atom. The monoisotopic (exact) mass is 438 g/mol. The van der Waals surface area contributed by atoms with E-state index in [1.54, 1.807) is 25.1 Å². The molecule has 5 atom stereocenters. The molecule has 10 nitrogen and oxygen atoms in total. The van der Waals surface area contributed by atoms with Gasteiger partial charge >= 0.3 is 23.9 Å². The van der Waals surface area contributed by atoms with Crippen LogP contribution in [0.15, 0.2) is 24.3 Å². The summed E-state index contributed by atoms with van der Waals surface area (Å²) >= 11 is 0. The van der Waals surface area contributed by atoms with E-state index in [1.165, 1.54) is 13.8 Å². The summed E-state index contributed by atoms with van der Waals surface area (Å²) in [6.07, 6.45) is -6.06. The van der Waals surface area contributed by atoms with Crippen LogP contribution in [0.1, 0.15) is 33.3 Å². The van der Waals surface area contributed by atoms with E-state index in [1.807, 2.05) is 6.07 Å². The molecule has 0 N–H and O–H groups in total. The average molecular weight is 438 g/mol. The van der Waals surface area contributed by atoms with Crippen molar-refractivity contribution in [3.8, 4) is 5.75 Å². The maximum Gasteiger partial charge on any atom is 0.303 e. The van der Waals surface area contributed by atoms with E-state index < -0.39 is 54.6 Å². The number of carbonyl (C=O) groups excluding carboxylic acids is 4. The third-order valence-electron chi connectivity index (χ3n) is 4.28. The minimum Gasteiger partial charge on any atom is -0.463 e. The summed E-state index contributed by atoms with van der Waals surface area (Å²) in [7, 11) is 0. The molecule has 0 aliphatic carbocycles. The third-order valence-corrected chi connectivity index (χ3v) is 4.28. The maximum absolute atomic E-state index is 11.8. The molecule has 1 fully saturated rings. The van der Waals surface area contributed by atoms with Crippen molar-refractivity contribution in [1.82, 2.24) is 0 Å². The van der Waals surface area contributed by atoms with Gasteiger partial charge in [-0.05, 0) is 18.6 Å². The Labute approximate surface area is 179 Å². The zero-order chi connectivity index (χ0) is 23.1. The molecule has 10 heteroatoms. The smallest absolute Gasteiger partial charge is 0.303 e. The second-order valence-electron chi connectivity index (χ2n) is 6.95. The van der Waals surface area contributed by atoms with Crippen molar-refractivity contribution in [1.29, 1.82) is 0 Å². The lowest BCUT2D eigenvalue weighted by molar-refractivity contribution is -0.288. The van der Waals surface area contributed by atoms with Crippen molar-refractivity contribution >= 4 is 23.9 Å². The number of aryl methyl sites for hydroxylation is 1. The molecule has 170 valence electrons. The molecule has 1 saturated heterocycles. The van der Waals surface area contributed by atoms with E-state index in [2.05, 4.69) is 0 Å². The highest BCUT2D eigenvalue weighted by atomic mass is 16.7. The Morgan fingerprint density at radius 3 is 1.90 bits per heavy atom. The number of para-hydroxylation sites is 1. The fourth-order valence-corrected chi connectivity index (χ4v) is 3.10. The first kappa shape index (κ1) is 24.1. The van der Waals surface area contributed by atoms with Crippen LogP contribution in [0.5, 0.6) is 5.75 Å². The highest BCUT2D eigenvalue weighted by Crippen LogP contribution is 2.31. The van der Waals surface area contributed by atoms with Gasteiger partial charge in [0.15, 0.2) is 12.2 Å². The molecule has 0 spiro atoms. The summed E-state index contributed by atoms with van der Waals surface area (Å²) < 4.78 is 32.9. The van der Waals surface area contributed by atoms with Gasteiger partial charge in [0.05, 0.1) is 0 Å². The summed E-state index contributed by atoms with van der Waals surface area (Å²) in [5.41, 5.74) is 0.773. The van der Waals surface area contributed by atoms with Crippen molar-refractivity contribution < 1.29 is 47.6 Å². The summed E-state index contributed by atoms with van der Waals surface area (Å²) in [5.74, 6) is -2.25. The first-order valence-corrected chi connectivity index (χ1v) is 9.61. The van der Waals surface area contributed by atoms with Crippen LogP contribution in [0.2, 0.25) is 0 Å². The van der Waals surface area contributed by atoms with Gasteiger partial charge in [0.2, 0.25) is 12.4 Å². The minimum absolute atomic E-state index is 0.314. The lowest BCUT2D eigenvalue weighted by atomic mass is 9.98. The molecule has 0 bridgehead atoms. The Kier molecular flexibility index (Phi) is 8.38. The molecule has 1 aromatic carbocycles. The quantitative estimate of drug-likeness (QED) is 0.456. The van der Waals surface area contributed by atoms with Crippen molar-refractivity contribution in [3.05, 3.63) is 29.8 Å². The van der Waals surface area contributed by atoms with Crippen LogP contribution in [0.4, 0.5) is 0 Å². The summed E-state index contributed by atoms with van der Waals surface area (Å²) in [6, 6.07) is 7.05. The number of carbonyl (C=O) groups is 4. The molecule has 0 unspecified atom stereocenters. The number of esters is 4. The van der Waals surface area contributed by atoms with Crippen LogP contribution in [0.3, 0.4) is 0 Å². The van der Waals surface area contributed by atoms with Crippen molar-refractivity contribution in [2.45, 2.75) is 65.3 Å². The molecule has 1 aromatic rings. The lowest BCUT2D eigenvalue weighted by Crippen LogP contribution is -2.63. The lowest BCUT2D eigenvalue weighted by Gasteiger charge is -2.44. The van der Waals surface area contributed by atoms with E-state index in [0.717, 1.165) is 19.4 Å². The van der Waals surface area contributed by atoms with Crippen molar-refractivity contribution in [2.24, 2.45) is 0 Å². The SMILES string of the molecule is CC(=O)OC[C@H]1O[C@@H](Oc2ccccc2C)[C@H](OC(C)=O)[C@@H](OC(C)=O)[C@@H]1OC(C)=O. The van der Waals surface area contributed by atoms with E-state index in [-0.39, 0.29) is 6.61 Å². The average Bonchev–Trinajstić information content (AvgIpc) is 2.65. The number of hydrogen-bond donors (Lipinski definition) is 0. The van der Waals surface area contributed by atoms with Crippen LogP contribution in [-0.2, 0) is 42.9 Å². The molecule has 2 rings (SSSR count). The van der Waals surface area contributed by atoms with Gasteiger partial charge in [0, 0.05) is 27.7 Å². The Balaban J connectivity index is 2.46. The van der Waals surface area contributed by atoms with E-state index in [9.17, 15) is 19.2 Å². The third kappa shape index (κ3) is 6.95. The van der Waals surface area contributed by atoms with E-state index >= 15 is 0 Å². The van der Waals surface area contributed by atoms with Crippen molar-refractivity contribution in [3.63, 3.8) is 0 Å². The molecule has 1 aliphatic heterocycles. The maximum atomic E-state index is 11.8. The van der Waals surface area contributed by atoms with Crippen LogP contribution < -0.4 is 4.74 Å². The molecular formula is C21H26O10. The standard InChI is InChI=1S/C21H26O10/c1-11-8-6-7-9-16(11)30-21-20(29-15(5)25)19(28-14(4)24)18(27-13(3)23)17(31-21)10-26-12(2)22/h6-9,17-21H,10H2,1-5H3/t17-,18-,19+,20-,21-/m1/s1. The molecule has 0 saturated carbocycles. The number of benzene rings is 1. The van der Waals surface area contributed by atoms with Gasteiger partial charge in [-0.1, -0.05) is 18.2 Å². The fraction of sp³-hybridized carbons (Fsp3) is 0.524. The molecule has 1 heterocycles. The largest absolute Gasteiger partial charge is 0.463 e. The predicted molar refractivity (Wildman–Crippen MR) is 104 cm³/mol. The Bertz CT molecular complexity index is 820. The molecule has 0 radical (unpaired) electrons.